The summed E-state index contributed by atoms with van der Waals surface area (Å²) in [6.07, 6.45) is 1.90. The maximum Gasteiger partial charge on any atom is 0.146 e. The molecule has 1 saturated heterocycles. The molecular formula is C14H21FN2O. The first kappa shape index (κ1) is 13.3. The minimum absolute atomic E-state index is 0.137. The van der Waals surface area contributed by atoms with Crippen molar-refractivity contribution >= 4 is 5.69 Å². The Kier molecular flexibility index (Phi) is 4.19. The van der Waals surface area contributed by atoms with E-state index in [0.717, 1.165) is 31.6 Å². The highest BCUT2D eigenvalue weighted by Gasteiger charge is 2.21. The fourth-order valence-corrected chi connectivity index (χ4v) is 2.36. The van der Waals surface area contributed by atoms with E-state index in [0.29, 0.717) is 11.7 Å². The molecule has 1 aliphatic rings. The first-order chi connectivity index (χ1) is 8.59. The van der Waals surface area contributed by atoms with Crippen molar-refractivity contribution in [3.05, 3.63) is 29.6 Å². The Balaban J connectivity index is 2.16. The van der Waals surface area contributed by atoms with Gasteiger partial charge in [0.1, 0.15) is 5.82 Å². The summed E-state index contributed by atoms with van der Waals surface area (Å²) in [4.78, 5) is 2.02. The topological polar surface area (TPSA) is 38.5 Å². The van der Waals surface area contributed by atoms with Gasteiger partial charge in [0, 0.05) is 32.3 Å². The summed E-state index contributed by atoms with van der Waals surface area (Å²) >= 11 is 0. The van der Waals surface area contributed by atoms with E-state index in [2.05, 4.69) is 0 Å². The van der Waals surface area contributed by atoms with Crippen molar-refractivity contribution in [1.82, 2.24) is 0 Å². The minimum atomic E-state index is -0.196. The van der Waals surface area contributed by atoms with E-state index in [9.17, 15) is 4.39 Å². The van der Waals surface area contributed by atoms with Gasteiger partial charge >= 0.3 is 0 Å². The number of anilines is 1. The van der Waals surface area contributed by atoms with Crippen molar-refractivity contribution in [2.75, 3.05) is 25.2 Å². The van der Waals surface area contributed by atoms with Gasteiger partial charge in [-0.2, -0.15) is 0 Å². The quantitative estimate of drug-likeness (QED) is 0.898. The monoisotopic (exact) mass is 252 g/mol. The van der Waals surface area contributed by atoms with Crippen LogP contribution in [0.3, 0.4) is 0 Å². The highest BCUT2D eigenvalue weighted by atomic mass is 19.1. The minimum Gasteiger partial charge on any atom is -0.381 e. The van der Waals surface area contributed by atoms with Gasteiger partial charge in [-0.1, -0.05) is 6.07 Å². The summed E-state index contributed by atoms with van der Waals surface area (Å²) in [5.74, 6) is -0.196. The molecular weight excluding hydrogens is 231 g/mol. The lowest BCUT2D eigenvalue weighted by molar-refractivity contribution is 0.0853. The van der Waals surface area contributed by atoms with Gasteiger partial charge in [-0.3, -0.25) is 0 Å². The molecule has 0 amide bonds. The molecule has 1 fully saturated rings. The molecule has 1 aromatic rings. The van der Waals surface area contributed by atoms with Crippen LogP contribution in [0.4, 0.5) is 10.1 Å². The fraction of sp³-hybridized carbons (Fsp3) is 0.571. The second kappa shape index (κ2) is 5.67. The zero-order valence-electron chi connectivity index (χ0n) is 11.0. The van der Waals surface area contributed by atoms with Crippen LogP contribution in [0.5, 0.6) is 0 Å². The summed E-state index contributed by atoms with van der Waals surface area (Å²) < 4.78 is 19.4. The average molecular weight is 252 g/mol. The third kappa shape index (κ3) is 2.82. The van der Waals surface area contributed by atoms with Crippen LogP contribution in [0.25, 0.3) is 0 Å². The van der Waals surface area contributed by atoms with E-state index in [4.69, 9.17) is 10.5 Å². The number of rotatable bonds is 3. The molecule has 0 radical (unpaired) electrons. The number of benzene rings is 1. The smallest absolute Gasteiger partial charge is 0.146 e. The van der Waals surface area contributed by atoms with Crippen molar-refractivity contribution in [2.24, 2.45) is 5.73 Å². The predicted octanol–water partition coefficient (Wildman–Crippen LogP) is 2.46. The van der Waals surface area contributed by atoms with Crippen LogP contribution in [0, 0.1) is 5.82 Å². The largest absolute Gasteiger partial charge is 0.381 e. The van der Waals surface area contributed by atoms with Gasteiger partial charge in [-0.15, -0.1) is 0 Å². The van der Waals surface area contributed by atoms with Gasteiger partial charge in [0.05, 0.1) is 5.69 Å². The van der Waals surface area contributed by atoms with E-state index in [1.807, 2.05) is 31.0 Å². The Morgan fingerprint density at radius 3 is 2.61 bits per heavy atom. The van der Waals surface area contributed by atoms with Gasteiger partial charge in [0.2, 0.25) is 0 Å². The normalized spacial score (nSPS) is 18.7. The SMILES string of the molecule is C[C@@H](N)c1ccc(N(C)C2CCOCC2)c(F)c1. The third-order valence-corrected chi connectivity index (χ3v) is 3.62. The molecule has 0 spiro atoms. The van der Waals surface area contributed by atoms with Crippen LogP contribution in [0.2, 0.25) is 0 Å². The lowest BCUT2D eigenvalue weighted by atomic mass is 10.0. The Morgan fingerprint density at radius 1 is 1.39 bits per heavy atom. The summed E-state index contributed by atoms with van der Waals surface area (Å²) in [7, 11) is 1.94. The molecule has 1 heterocycles. The first-order valence-electron chi connectivity index (χ1n) is 6.45. The van der Waals surface area contributed by atoms with Crippen molar-refractivity contribution < 1.29 is 9.13 Å². The molecule has 1 atom stereocenters. The Bertz CT molecular complexity index is 403. The van der Waals surface area contributed by atoms with Crippen molar-refractivity contribution in [3.63, 3.8) is 0 Å². The molecule has 0 aliphatic carbocycles. The molecule has 18 heavy (non-hydrogen) atoms. The van der Waals surface area contributed by atoms with Crippen molar-refractivity contribution in [1.29, 1.82) is 0 Å². The lowest BCUT2D eigenvalue weighted by Gasteiger charge is -2.33. The number of nitrogens with two attached hydrogens (primary N) is 1. The van der Waals surface area contributed by atoms with Gasteiger partial charge in [0.25, 0.3) is 0 Å². The molecule has 1 aliphatic heterocycles. The summed E-state index contributed by atoms with van der Waals surface area (Å²) in [6.45, 7) is 3.37. The molecule has 0 unspecified atom stereocenters. The number of halogens is 1. The summed E-state index contributed by atoms with van der Waals surface area (Å²) in [6, 6.07) is 5.48. The number of hydrogen-bond donors (Lipinski definition) is 1. The molecule has 1 aromatic carbocycles. The first-order valence-corrected chi connectivity index (χ1v) is 6.45. The standard InChI is InChI=1S/C14H21FN2O/c1-10(16)11-3-4-14(13(15)9-11)17(2)12-5-7-18-8-6-12/h3-4,9-10,12H,5-8,16H2,1-2H3/t10-/m1/s1. The number of hydrogen-bond acceptors (Lipinski definition) is 3. The molecule has 0 aromatic heterocycles. The third-order valence-electron chi connectivity index (χ3n) is 3.62. The zero-order valence-corrected chi connectivity index (χ0v) is 11.0. The van der Waals surface area contributed by atoms with Gasteiger partial charge < -0.3 is 15.4 Å². The highest BCUT2D eigenvalue weighted by molar-refractivity contribution is 5.49. The second-order valence-corrected chi connectivity index (χ2v) is 4.95. The summed E-state index contributed by atoms with van der Waals surface area (Å²) in [5.41, 5.74) is 7.23. The van der Waals surface area contributed by atoms with E-state index in [1.54, 1.807) is 0 Å². The molecule has 4 heteroatoms. The van der Waals surface area contributed by atoms with Crippen LogP contribution < -0.4 is 10.6 Å². The maximum absolute atomic E-state index is 14.1. The van der Waals surface area contributed by atoms with Crippen LogP contribution >= 0.6 is 0 Å². The van der Waals surface area contributed by atoms with Gasteiger partial charge in [-0.05, 0) is 37.5 Å². The van der Waals surface area contributed by atoms with Gasteiger partial charge in [0.15, 0.2) is 0 Å². The van der Waals surface area contributed by atoms with E-state index in [1.165, 1.54) is 6.07 Å². The molecule has 0 saturated carbocycles. The number of nitrogens with zero attached hydrogens (tertiary/aromatic N) is 1. The van der Waals surface area contributed by atoms with Crippen LogP contribution in [-0.4, -0.2) is 26.3 Å². The maximum atomic E-state index is 14.1. The van der Waals surface area contributed by atoms with Crippen LogP contribution in [0.1, 0.15) is 31.4 Å². The van der Waals surface area contributed by atoms with Gasteiger partial charge in [-0.25, -0.2) is 4.39 Å². The van der Waals surface area contributed by atoms with Crippen molar-refractivity contribution in [2.45, 2.75) is 31.8 Å². The molecule has 0 bridgehead atoms. The Labute approximate surface area is 108 Å². The predicted molar refractivity (Wildman–Crippen MR) is 71.2 cm³/mol. The second-order valence-electron chi connectivity index (χ2n) is 4.95. The lowest BCUT2D eigenvalue weighted by Crippen LogP contribution is -2.37. The molecule has 3 nitrogen and oxygen atoms in total. The number of ether oxygens (including phenoxy) is 1. The molecule has 100 valence electrons. The van der Waals surface area contributed by atoms with Crippen molar-refractivity contribution in [3.8, 4) is 0 Å². The molecule has 2 rings (SSSR count). The van der Waals surface area contributed by atoms with E-state index < -0.39 is 0 Å². The van der Waals surface area contributed by atoms with Crippen LogP contribution in [-0.2, 0) is 4.74 Å². The fourth-order valence-electron chi connectivity index (χ4n) is 2.36. The molecule has 2 N–H and O–H groups in total. The summed E-state index contributed by atoms with van der Waals surface area (Å²) in [5, 5.41) is 0. The van der Waals surface area contributed by atoms with E-state index >= 15 is 0 Å². The van der Waals surface area contributed by atoms with E-state index in [-0.39, 0.29) is 11.9 Å². The van der Waals surface area contributed by atoms with Crippen LogP contribution in [0.15, 0.2) is 18.2 Å². The Hall–Kier alpha value is -1.13. The Morgan fingerprint density at radius 2 is 2.06 bits per heavy atom. The average Bonchev–Trinajstić information content (AvgIpc) is 2.38. The highest BCUT2D eigenvalue weighted by Crippen LogP contribution is 2.26. The zero-order chi connectivity index (χ0) is 13.1.